The first-order valence-corrected chi connectivity index (χ1v) is 8.23. The zero-order chi connectivity index (χ0) is 15.0. The van der Waals surface area contributed by atoms with Gasteiger partial charge in [-0.05, 0) is 24.8 Å². The van der Waals surface area contributed by atoms with Crippen molar-refractivity contribution in [2.75, 3.05) is 12.0 Å². The molecule has 0 bridgehead atoms. The normalized spacial score (nSPS) is 11.4. The number of aryl methyl sites for hydroxylation is 2. The molecule has 3 rings (SSSR count). The van der Waals surface area contributed by atoms with Gasteiger partial charge in [-0.25, -0.2) is 9.67 Å². The quantitative estimate of drug-likeness (QED) is 0.752. The molecule has 0 aliphatic heterocycles. The van der Waals surface area contributed by atoms with Gasteiger partial charge in [-0.15, -0.1) is 11.8 Å². The third kappa shape index (κ3) is 2.19. The molecule has 1 aromatic carbocycles. The van der Waals surface area contributed by atoms with Gasteiger partial charge in [-0.1, -0.05) is 25.5 Å². The number of imidazole rings is 1. The lowest BCUT2D eigenvalue weighted by molar-refractivity contribution is 0.737. The topological polar surface area (TPSA) is 61.7 Å². The van der Waals surface area contributed by atoms with Gasteiger partial charge in [-0.3, -0.25) is 4.57 Å². The third-order valence-corrected chi connectivity index (χ3v) is 4.33. The number of nitrogens with two attached hydrogens (primary N) is 1. The molecule has 0 fully saturated rings. The van der Waals surface area contributed by atoms with E-state index in [2.05, 4.69) is 35.4 Å². The highest BCUT2D eigenvalue weighted by Crippen LogP contribution is 2.30. The lowest BCUT2D eigenvalue weighted by Crippen LogP contribution is -2.06. The number of nitrogen functional groups attached to an aromatic ring is 1. The average Bonchev–Trinajstić information content (AvgIpc) is 2.97. The van der Waals surface area contributed by atoms with Gasteiger partial charge in [0, 0.05) is 11.9 Å². The molecule has 2 N–H and O–H groups in total. The smallest absolute Gasteiger partial charge is 0.207 e. The number of benzene rings is 1. The van der Waals surface area contributed by atoms with Crippen molar-refractivity contribution in [3.8, 4) is 5.69 Å². The van der Waals surface area contributed by atoms with Crippen LogP contribution in [0.1, 0.15) is 19.0 Å². The summed E-state index contributed by atoms with van der Waals surface area (Å²) in [6, 6.07) is 8.21. The number of hydrogen-bond donors (Lipinski definition) is 1. The molecule has 0 unspecified atom stereocenters. The van der Waals surface area contributed by atoms with E-state index in [0.717, 1.165) is 35.4 Å². The first kappa shape index (κ1) is 14.0. The number of fused-ring (bicyclic) bond motifs is 1. The van der Waals surface area contributed by atoms with Crippen molar-refractivity contribution in [1.82, 2.24) is 19.3 Å². The van der Waals surface area contributed by atoms with Crippen molar-refractivity contribution in [1.29, 1.82) is 0 Å². The SMILES string of the molecule is CCCc1nn(C)c2c1nc(N)n2-c1ccccc1SC. The number of thioether (sulfide) groups is 1. The Labute approximate surface area is 128 Å². The molecular formula is C15H19N5S. The fourth-order valence-electron chi connectivity index (χ4n) is 2.65. The molecule has 2 aromatic heterocycles. The molecule has 3 aromatic rings. The van der Waals surface area contributed by atoms with Gasteiger partial charge in [0.25, 0.3) is 0 Å². The maximum atomic E-state index is 6.19. The van der Waals surface area contributed by atoms with Crippen LogP contribution < -0.4 is 5.73 Å². The summed E-state index contributed by atoms with van der Waals surface area (Å²) >= 11 is 1.70. The monoisotopic (exact) mass is 301 g/mol. The molecule has 0 amide bonds. The van der Waals surface area contributed by atoms with Gasteiger partial charge >= 0.3 is 0 Å². The predicted molar refractivity (Wildman–Crippen MR) is 88.0 cm³/mol. The highest BCUT2D eigenvalue weighted by atomic mass is 32.2. The van der Waals surface area contributed by atoms with Gasteiger partial charge in [0.05, 0.1) is 11.4 Å². The van der Waals surface area contributed by atoms with Crippen molar-refractivity contribution in [3.63, 3.8) is 0 Å². The van der Waals surface area contributed by atoms with E-state index in [1.54, 1.807) is 11.8 Å². The lowest BCUT2D eigenvalue weighted by atomic mass is 10.2. The van der Waals surface area contributed by atoms with E-state index in [1.807, 2.05) is 28.4 Å². The number of nitrogens with zero attached hydrogens (tertiary/aromatic N) is 4. The summed E-state index contributed by atoms with van der Waals surface area (Å²) in [5, 5.41) is 4.59. The summed E-state index contributed by atoms with van der Waals surface area (Å²) in [6.07, 6.45) is 4.02. The van der Waals surface area contributed by atoms with Crippen LogP contribution in [0.3, 0.4) is 0 Å². The van der Waals surface area contributed by atoms with E-state index in [-0.39, 0.29) is 0 Å². The van der Waals surface area contributed by atoms with Gasteiger partial charge in [0.15, 0.2) is 5.65 Å². The molecule has 0 spiro atoms. The molecular weight excluding hydrogens is 282 g/mol. The molecule has 0 aliphatic carbocycles. The molecule has 2 heterocycles. The van der Waals surface area contributed by atoms with Crippen molar-refractivity contribution in [2.45, 2.75) is 24.7 Å². The van der Waals surface area contributed by atoms with E-state index in [1.165, 1.54) is 4.90 Å². The average molecular weight is 301 g/mol. The molecule has 0 atom stereocenters. The minimum Gasteiger partial charge on any atom is -0.369 e. The van der Waals surface area contributed by atoms with Crippen LogP contribution in [0.25, 0.3) is 16.9 Å². The Morgan fingerprint density at radius 3 is 2.76 bits per heavy atom. The molecule has 0 saturated heterocycles. The van der Waals surface area contributed by atoms with Crippen LogP contribution in [0.2, 0.25) is 0 Å². The summed E-state index contributed by atoms with van der Waals surface area (Å²) in [5.74, 6) is 0.511. The lowest BCUT2D eigenvalue weighted by Gasteiger charge is -2.10. The van der Waals surface area contributed by atoms with Crippen molar-refractivity contribution in [3.05, 3.63) is 30.0 Å². The van der Waals surface area contributed by atoms with Crippen LogP contribution >= 0.6 is 11.8 Å². The highest BCUT2D eigenvalue weighted by Gasteiger charge is 2.19. The van der Waals surface area contributed by atoms with Crippen LogP contribution in [0.5, 0.6) is 0 Å². The van der Waals surface area contributed by atoms with E-state index in [9.17, 15) is 0 Å². The van der Waals surface area contributed by atoms with Gasteiger partial charge in [0.2, 0.25) is 5.95 Å². The summed E-state index contributed by atoms with van der Waals surface area (Å²) < 4.78 is 3.87. The molecule has 0 saturated carbocycles. The zero-order valence-corrected chi connectivity index (χ0v) is 13.3. The summed E-state index contributed by atoms with van der Waals surface area (Å²) in [7, 11) is 1.95. The molecule has 0 aliphatic rings. The van der Waals surface area contributed by atoms with E-state index >= 15 is 0 Å². The molecule has 21 heavy (non-hydrogen) atoms. The standard InChI is InChI=1S/C15H19N5S/c1-4-7-10-13-14(19(2)18-10)20(15(16)17-13)11-8-5-6-9-12(11)21-3/h5-6,8-9H,4,7H2,1-3H3,(H2,16,17). The predicted octanol–water partition coefficient (Wildman–Crippen LogP) is 3.02. The Balaban J connectivity index is 2.30. The van der Waals surface area contributed by atoms with Crippen LogP contribution in [0.4, 0.5) is 5.95 Å². The third-order valence-electron chi connectivity index (χ3n) is 3.54. The maximum Gasteiger partial charge on any atom is 0.207 e. The molecule has 0 radical (unpaired) electrons. The Hall–Kier alpha value is -1.95. The van der Waals surface area contributed by atoms with Crippen molar-refractivity contribution in [2.24, 2.45) is 7.05 Å². The molecule has 110 valence electrons. The number of rotatable bonds is 4. The van der Waals surface area contributed by atoms with Crippen LogP contribution in [-0.2, 0) is 13.5 Å². The van der Waals surface area contributed by atoms with E-state index in [4.69, 9.17) is 5.73 Å². The number of para-hydroxylation sites is 1. The number of aromatic nitrogens is 4. The van der Waals surface area contributed by atoms with Crippen LogP contribution in [0.15, 0.2) is 29.2 Å². The zero-order valence-electron chi connectivity index (χ0n) is 12.5. The Bertz CT molecular complexity index is 787. The minimum absolute atomic E-state index is 0.511. The van der Waals surface area contributed by atoms with Gasteiger partial charge in [-0.2, -0.15) is 5.10 Å². The number of anilines is 1. The minimum atomic E-state index is 0.511. The van der Waals surface area contributed by atoms with Gasteiger partial charge in [0.1, 0.15) is 5.52 Å². The van der Waals surface area contributed by atoms with Gasteiger partial charge < -0.3 is 5.73 Å². The second-order valence-corrected chi connectivity index (χ2v) is 5.82. The Morgan fingerprint density at radius 2 is 2.05 bits per heavy atom. The summed E-state index contributed by atoms with van der Waals surface area (Å²) in [6.45, 7) is 2.14. The maximum absolute atomic E-state index is 6.19. The van der Waals surface area contributed by atoms with E-state index in [0.29, 0.717) is 5.95 Å². The fourth-order valence-corrected chi connectivity index (χ4v) is 3.24. The van der Waals surface area contributed by atoms with Crippen LogP contribution in [-0.4, -0.2) is 25.6 Å². The summed E-state index contributed by atoms with van der Waals surface area (Å²) in [4.78, 5) is 5.72. The Morgan fingerprint density at radius 1 is 1.29 bits per heavy atom. The molecule has 5 nitrogen and oxygen atoms in total. The van der Waals surface area contributed by atoms with Crippen LogP contribution in [0, 0.1) is 0 Å². The second-order valence-electron chi connectivity index (χ2n) is 4.97. The second kappa shape index (κ2) is 5.44. The first-order valence-electron chi connectivity index (χ1n) is 7.00. The van der Waals surface area contributed by atoms with Crippen molar-refractivity contribution >= 4 is 28.9 Å². The number of hydrogen-bond acceptors (Lipinski definition) is 4. The van der Waals surface area contributed by atoms with E-state index < -0.39 is 0 Å². The van der Waals surface area contributed by atoms with Crippen molar-refractivity contribution < 1.29 is 0 Å². The molecule has 6 heteroatoms. The highest BCUT2D eigenvalue weighted by molar-refractivity contribution is 7.98. The fraction of sp³-hybridized carbons (Fsp3) is 0.333. The Kier molecular flexibility index (Phi) is 3.63. The first-order chi connectivity index (χ1) is 10.2. The largest absolute Gasteiger partial charge is 0.369 e. The summed E-state index contributed by atoms with van der Waals surface area (Å²) in [5.41, 5.74) is 10.1.